The van der Waals surface area contributed by atoms with Crippen molar-refractivity contribution in [1.82, 2.24) is 0 Å². The predicted octanol–water partition coefficient (Wildman–Crippen LogP) is 3.29. The average Bonchev–Trinajstić information content (AvgIpc) is 2.19. The molecule has 1 aromatic rings. The standard InChI is InChI=1S/C14H23N.C2H4O2/c1-9-7-10(2)12(4)13(11(9)3)8-14(5,6)15;1-2(3)4/h7H,8,15H2,1-6H3;1H3,(H,3,4). The molecule has 0 unspecified atom stereocenters. The van der Waals surface area contributed by atoms with Crippen LogP contribution in [0.3, 0.4) is 0 Å². The molecule has 0 saturated heterocycles. The molecule has 19 heavy (non-hydrogen) atoms. The zero-order valence-corrected chi connectivity index (χ0v) is 13.2. The Bertz CT molecular complexity index is 427. The molecule has 0 amide bonds. The van der Waals surface area contributed by atoms with Crippen molar-refractivity contribution >= 4 is 5.97 Å². The molecule has 1 aromatic carbocycles. The molecule has 0 bridgehead atoms. The molecular formula is C16H27NO2. The van der Waals surface area contributed by atoms with E-state index in [4.69, 9.17) is 15.6 Å². The Balaban J connectivity index is 0.000000711. The molecule has 1 rings (SSSR count). The van der Waals surface area contributed by atoms with Gasteiger partial charge in [-0.05, 0) is 75.8 Å². The van der Waals surface area contributed by atoms with Crippen molar-refractivity contribution in [1.29, 1.82) is 0 Å². The zero-order chi connectivity index (χ0) is 15.4. The van der Waals surface area contributed by atoms with Crippen molar-refractivity contribution in [2.45, 2.75) is 60.4 Å². The Hall–Kier alpha value is -1.35. The number of aliphatic carboxylic acids is 1. The number of carbonyl (C=O) groups is 1. The molecule has 108 valence electrons. The van der Waals surface area contributed by atoms with Gasteiger partial charge < -0.3 is 10.8 Å². The van der Waals surface area contributed by atoms with Crippen LogP contribution in [0.1, 0.15) is 48.6 Å². The lowest BCUT2D eigenvalue weighted by molar-refractivity contribution is -0.134. The van der Waals surface area contributed by atoms with E-state index in [2.05, 4.69) is 47.6 Å². The summed E-state index contributed by atoms with van der Waals surface area (Å²) in [5.74, 6) is -0.833. The lowest BCUT2D eigenvalue weighted by Crippen LogP contribution is -2.35. The first-order valence-electron chi connectivity index (χ1n) is 6.50. The van der Waals surface area contributed by atoms with Crippen LogP contribution in [-0.2, 0) is 11.2 Å². The van der Waals surface area contributed by atoms with Crippen molar-refractivity contribution in [3.05, 3.63) is 33.9 Å². The van der Waals surface area contributed by atoms with Crippen LogP contribution in [0.2, 0.25) is 0 Å². The number of carboxylic acids is 1. The Morgan fingerprint density at radius 2 is 1.47 bits per heavy atom. The molecule has 3 heteroatoms. The molecule has 0 spiro atoms. The van der Waals surface area contributed by atoms with Gasteiger partial charge in [0.1, 0.15) is 0 Å². The predicted molar refractivity (Wildman–Crippen MR) is 80.7 cm³/mol. The Kier molecular flexibility index (Phi) is 6.23. The molecular weight excluding hydrogens is 238 g/mol. The molecule has 0 fully saturated rings. The maximum absolute atomic E-state index is 9.00. The fourth-order valence-electron chi connectivity index (χ4n) is 2.02. The van der Waals surface area contributed by atoms with Crippen LogP contribution in [0.15, 0.2) is 6.07 Å². The van der Waals surface area contributed by atoms with Gasteiger partial charge in [-0.15, -0.1) is 0 Å². The number of nitrogens with two attached hydrogens (primary N) is 1. The lowest BCUT2D eigenvalue weighted by Gasteiger charge is -2.23. The normalized spacial score (nSPS) is 10.7. The summed E-state index contributed by atoms with van der Waals surface area (Å²) in [6.45, 7) is 14.0. The van der Waals surface area contributed by atoms with E-state index in [1.54, 1.807) is 0 Å². The monoisotopic (exact) mass is 265 g/mol. The molecule has 0 aliphatic rings. The topological polar surface area (TPSA) is 63.3 Å². The maximum Gasteiger partial charge on any atom is 0.300 e. The quantitative estimate of drug-likeness (QED) is 0.862. The number of hydrogen-bond donors (Lipinski definition) is 2. The van der Waals surface area contributed by atoms with Gasteiger partial charge in [-0.2, -0.15) is 0 Å². The summed E-state index contributed by atoms with van der Waals surface area (Å²) in [6, 6.07) is 2.26. The Morgan fingerprint density at radius 1 is 1.16 bits per heavy atom. The highest BCUT2D eigenvalue weighted by atomic mass is 16.4. The molecule has 0 aromatic heterocycles. The minimum absolute atomic E-state index is 0.129. The minimum Gasteiger partial charge on any atom is -0.481 e. The average molecular weight is 265 g/mol. The summed E-state index contributed by atoms with van der Waals surface area (Å²) in [7, 11) is 0. The number of carboxylic acid groups (broad SMARTS) is 1. The van der Waals surface area contributed by atoms with Gasteiger partial charge in [0.05, 0.1) is 0 Å². The Labute approximate surface area is 116 Å². The number of aryl methyl sites for hydroxylation is 2. The number of hydrogen-bond acceptors (Lipinski definition) is 2. The zero-order valence-electron chi connectivity index (χ0n) is 13.2. The lowest BCUT2D eigenvalue weighted by atomic mass is 9.86. The van der Waals surface area contributed by atoms with E-state index in [9.17, 15) is 0 Å². The van der Waals surface area contributed by atoms with Crippen LogP contribution in [0.25, 0.3) is 0 Å². The van der Waals surface area contributed by atoms with Crippen molar-refractivity contribution in [2.75, 3.05) is 0 Å². The third-order valence-corrected chi connectivity index (χ3v) is 3.15. The first kappa shape index (κ1) is 17.6. The summed E-state index contributed by atoms with van der Waals surface area (Å²) in [6.07, 6.45) is 0.952. The number of benzene rings is 1. The Morgan fingerprint density at radius 3 is 1.74 bits per heavy atom. The van der Waals surface area contributed by atoms with Gasteiger partial charge in [-0.1, -0.05) is 6.07 Å². The highest BCUT2D eigenvalue weighted by molar-refractivity contribution is 5.62. The van der Waals surface area contributed by atoms with Gasteiger partial charge in [0.15, 0.2) is 0 Å². The molecule has 0 saturated carbocycles. The smallest absolute Gasteiger partial charge is 0.300 e. The summed E-state index contributed by atoms with van der Waals surface area (Å²) in [4.78, 5) is 9.00. The SMILES string of the molecule is CC(=O)O.Cc1cc(C)c(C)c(CC(C)(C)N)c1C. The minimum atomic E-state index is -0.833. The second kappa shape index (κ2) is 6.71. The molecule has 0 aliphatic heterocycles. The molecule has 0 aliphatic carbocycles. The van der Waals surface area contributed by atoms with Crippen LogP contribution >= 0.6 is 0 Å². The third-order valence-electron chi connectivity index (χ3n) is 3.15. The first-order chi connectivity index (χ1) is 8.45. The van der Waals surface area contributed by atoms with E-state index in [0.29, 0.717) is 0 Å². The van der Waals surface area contributed by atoms with E-state index >= 15 is 0 Å². The van der Waals surface area contributed by atoms with Crippen LogP contribution in [0, 0.1) is 27.7 Å². The van der Waals surface area contributed by atoms with Crippen molar-refractivity contribution in [2.24, 2.45) is 5.73 Å². The summed E-state index contributed by atoms with van der Waals surface area (Å²) in [5, 5.41) is 7.42. The van der Waals surface area contributed by atoms with Gasteiger partial charge in [-0.3, -0.25) is 4.79 Å². The molecule has 0 atom stereocenters. The second-order valence-corrected chi connectivity index (χ2v) is 5.92. The van der Waals surface area contributed by atoms with Gasteiger partial charge in [0.25, 0.3) is 5.97 Å². The van der Waals surface area contributed by atoms with Gasteiger partial charge in [-0.25, -0.2) is 0 Å². The highest BCUT2D eigenvalue weighted by Gasteiger charge is 2.16. The van der Waals surface area contributed by atoms with Crippen LogP contribution in [0.4, 0.5) is 0 Å². The van der Waals surface area contributed by atoms with Gasteiger partial charge >= 0.3 is 0 Å². The van der Waals surface area contributed by atoms with Crippen LogP contribution in [0.5, 0.6) is 0 Å². The first-order valence-corrected chi connectivity index (χ1v) is 6.50. The van der Waals surface area contributed by atoms with Crippen molar-refractivity contribution in [3.8, 4) is 0 Å². The molecule has 0 radical (unpaired) electrons. The molecule has 3 nitrogen and oxygen atoms in total. The summed E-state index contributed by atoms with van der Waals surface area (Å²) < 4.78 is 0. The van der Waals surface area contributed by atoms with Gasteiger partial charge in [0, 0.05) is 12.5 Å². The largest absolute Gasteiger partial charge is 0.481 e. The fourth-order valence-corrected chi connectivity index (χ4v) is 2.02. The van der Waals surface area contributed by atoms with Crippen LogP contribution < -0.4 is 5.73 Å². The second-order valence-electron chi connectivity index (χ2n) is 5.92. The fraction of sp³-hybridized carbons (Fsp3) is 0.562. The molecule has 0 heterocycles. The maximum atomic E-state index is 9.00. The van der Waals surface area contributed by atoms with E-state index < -0.39 is 5.97 Å². The van der Waals surface area contributed by atoms with Gasteiger partial charge in [0.2, 0.25) is 0 Å². The van der Waals surface area contributed by atoms with Crippen LogP contribution in [-0.4, -0.2) is 16.6 Å². The summed E-state index contributed by atoms with van der Waals surface area (Å²) in [5.41, 5.74) is 13.0. The number of rotatable bonds is 2. The highest BCUT2D eigenvalue weighted by Crippen LogP contribution is 2.24. The molecule has 3 N–H and O–H groups in total. The summed E-state index contributed by atoms with van der Waals surface area (Å²) >= 11 is 0. The van der Waals surface area contributed by atoms with E-state index in [-0.39, 0.29) is 5.54 Å². The van der Waals surface area contributed by atoms with E-state index in [0.717, 1.165) is 13.3 Å². The van der Waals surface area contributed by atoms with Crippen molar-refractivity contribution < 1.29 is 9.90 Å². The third kappa shape index (κ3) is 6.39. The van der Waals surface area contributed by atoms with E-state index in [1.807, 2.05) is 0 Å². The van der Waals surface area contributed by atoms with Crippen molar-refractivity contribution in [3.63, 3.8) is 0 Å². The van der Waals surface area contributed by atoms with E-state index in [1.165, 1.54) is 27.8 Å².